The van der Waals surface area contributed by atoms with Crippen molar-refractivity contribution in [2.45, 2.75) is 24.9 Å². The average Bonchev–Trinajstić information content (AvgIpc) is 2.14. The smallest absolute Gasteiger partial charge is 0.146 e. The zero-order valence-corrected chi connectivity index (χ0v) is 11.3. The van der Waals surface area contributed by atoms with Crippen LogP contribution in [0.4, 0.5) is 0 Å². The van der Waals surface area contributed by atoms with E-state index >= 15 is 0 Å². The fourth-order valence-electron chi connectivity index (χ4n) is 1.23. The molecule has 0 N–H and O–H groups in total. The predicted molar refractivity (Wildman–Crippen MR) is 67.8 cm³/mol. The fraction of sp³-hybridized carbons (Fsp3) is 0.400. The number of benzene rings is 1. The Morgan fingerprint density at radius 2 is 1.86 bits per heavy atom. The van der Waals surface area contributed by atoms with E-state index in [2.05, 4.69) is 12.1 Å². The molecule has 0 fully saturated rings. The molecule has 0 amide bonds. The van der Waals surface area contributed by atoms with Crippen LogP contribution < -0.4 is 0 Å². The van der Waals surface area contributed by atoms with Crippen molar-refractivity contribution in [1.29, 1.82) is 0 Å². The first-order valence-electron chi connectivity index (χ1n) is 4.53. The Bertz CT molecular complexity index is 294. The first-order valence-corrected chi connectivity index (χ1v) is 9.79. The highest BCUT2D eigenvalue weighted by molar-refractivity contribution is 7.44. The first-order chi connectivity index (χ1) is 6.51. The summed E-state index contributed by atoms with van der Waals surface area (Å²) in [5.74, 6) is 0.560. The summed E-state index contributed by atoms with van der Waals surface area (Å²) in [6, 6.07) is 9.13. The summed E-state index contributed by atoms with van der Waals surface area (Å²) in [5.41, 5.74) is 2.42. The van der Waals surface area contributed by atoms with E-state index in [4.69, 9.17) is 33.8 Å². The molecule has 0 spiro atoms. The van der Waals surface area contributed by atoms with Gasteiger partial charge in [-0.1, -0.05) is 24.3 Å². The van der Waals surface area contributed by atoms with E-state index in [0.717, 1.165) is 18.0 Å². The van der Waals surface area contributed by atoms with E-state index in [0.29, 0.717) is 5.88 Å². The van der Waals surface area contributed by atoms with Gasteiger partial charge >= 0.3 is 0 Å². The van der Waals surface area contributed by atoms with Gasteiger partial charge in [-0.05, 0) is 30.1 Å². The van der Waals surface area contributed by atoms with Crippen molar-refractivity contribution in [3.8, 4) is 0 Å². The first kappa shape index (κ1) is 12.4. The van der Waals surface area contributed by atoms with Gasteiger partial charge in [0.2, 0.25) is 6.69 Å². The third-order valence-corrected chi connectivity index (χ3v) is 4.57. The van der Waals surface area contributed by atoms with Crippen molar-refractivity contribution in [2.75, 3.05) is 0 Å². The second kappa shape index (κ2) is 5.41. The number of hydrogen-bond acceptors (Lipinski definition) is 0. The van der Waals surface area contributed by atoms with Crippen molar-refractivity contribution in [2.24, 2.45) is 0 Å². The summed E-state index contributed by atoms with van der Waals surface area (Å²) in [4.78, 5) is 0. The molecule has 0 atom stereocenters. The Hall–Kier alpha value is 0.307. The lowest BCUT2D eigenvalue weighted by molar-refractivity contribution is 1.11. The molecule has 0 aliphatic rings. The van der Waals surface area contributed by atoms with Gasteiger partial charge in [0.25, 0.3) is 0 Å². The largest absolute Gasteiger partial charge is 0.248 e. The summed E-state index contributed by atoms with van der Waals surface area (Å²) < 4.78 is 0. The van der Waals surface area contributed by atoms with E-state index in [-0.39, 0.29) is 0 Å². The normalized spacial score (nSPS) is 11.7. The Morgan fingerprint density at radius 1 is 1.21 bits per heavy atom. The van der Waals surface area contributed by atoms with Crippen LogP contribution in [0, 0.1) is 0 Å². The minimum atomic E-state index is -1.96. The third kappa shape index (κ3) is 4.69. The van der Waals surface area contributed by atoms with Gasteiger partial charge in [0.05, 0.1) is 0 Å². The lowest BCUT2D eigenvalue weighted by Crippen LogP contribution is -2.13. The maximum Gasteiger partial charge on any atom is 0.248 e. The third-order valence-electron chi connectivity index (χ3n) is 2.00. The minimum Gasteiger partial charge on any atom is -0.146 e. The molecular weight excluding hydrogens is 255 g/mol. The van der Waals surface area contributed by atoms with Crippen LogP contribution in [0.5, 0.6) is 0 Å². The van der Waals surface area contributed by atoms with Gasteiger partial charge in [-0.15, -0.1) is 33.8 Å². The number of hydrogen-bond donors (Lipinski definition) is 0. The lowest BCUT2D eigenvalue weighted by atomic mass is 10.1. The van der Waals surface area contributed by atoms with Crippen LogP contribution in [-0.2, 0) is 12.3 Å². The highest BCUT2D eigenvalue weighted by Gasteiger charge is 2.20. The lowest BCUT2D eigenvalue weighted by Gasteiger charge is -2.10. The molecular formula is C10H13Cl3Si. The van der Waals surface area contributed by atoms with Gasteiger partial charge in [-0.25, -0.2) is 0 Å². The fourth-order valence-corrected chi connectivity index (χ4v) is 2.69. The number of aryl methyl sites for hydroxylation is 1. The van der Waals surface area contributed by atoms with Crippen molar-refractivity contribution in [1.82, 2.24) is 0 Å². The van der Waals surface area contributed by atoms with Crippen molar-refractivity contribution in [3.63, 3.8) is 0 Å². The Kier molecular flexibility index (Phi) is 4.78. The quantitative estimate of drug-likeness (QED) is 0.427. The molecule has 1 aromatic rings. The molecule has 78 valence electrons. The van der Waals surface area contributed by atoms with Gasteiger partial charge in [0.15, 0.2) is 0 Å². The molecule has 0 aliphatic heterocycles. The maximum atomic E-state index is 6.03. The molecule has 0 heterocycles. The van der Waals surface area contributed by atoms with E-state index < -0.39 is 6.69 Å². The van der Waals surface area contributed by atoms with E-state index in [1.807, 2.05) is 18.7 Å². The topological polar surface area (TPSA) is 0 Å². The molecule has 14 heavy (non-hydrogen) atoms. The number of halogens is 3. The zero-order valence-electron chi connectivity index (χ0n) is 8.06. The van der Waals surface area contributed by atoms with Crippen molar-refractivity contribution >= 4 is 40.5 Å². The Labute approximate surface area is 101 Å². The second-order valence-electron chi connectivity index (χ2n) is 3.52. The van der Waals surface area contributed by atoms with Crippen LogP contribution in [0.1, 0.15) is 11.1 Å². The van der Waals surface area contributed by atoms with E-state index in [9.17, 15) is 0 Å². The molecule has 0 unspecified atom stereocenters. The molecule has 0 saturated carbocycles. The van der Waals surface area contributed by atoms with Gasteiger partial charge in [-0.2, -0.15) is 0 Å². The second-order valence-corrected chi connectivity index (χ2v) is 12.0. The minimum absolute atomic E-state index is 0.560. The summed E-state index contributed by atoms with van der Waals surface area (Å²) in [6.07, 6.45) is 0.945. The van der Waals surface area contributed by atoms with E-state index in [1.54, 1.807) is 0 Å². The summed E-state index contributed by atoms with van der Waals surface area (Å²) >= 11 is 17.8. The van der Waals surface area contributed by atoms with Crippen molar-refractivity contribution in [3.05, 3.63) is 35.4 Å². The average molecular weight is 268 g/mol. The highest BCUT2D eigenvalue weighted by atomic mass is 35.7. The Balaban J connectivity index is 2.59. The highest BCUT2D eigenvalue weighted by Crippen LogP contribution is 2.22. The van der Waals surface area contributed by atoms with E-state index in [1.165, 1.54) is 5.56 Å². The molecule has 0 nitrogen and oxygen atoms in total. The summed E-state index contributed by atoms with van der Waals surface area (Å²) in [6.45, 7) is -0.0102. The van der Waals surface area contributed by atoms with Crippen molar-refractivity contribution < 1.29 is 0 Å². The van der Waals surface area contributed by atoms with Crippen LogP contribution in [-0.4, -0.2) is 6.69 Å². The SMILES string of the molecule is C[Si](Cl)(Cl)CCc1cccc(CCl)c1. The molecule has 0 bridgehead atoms. The van der Waals surface area contributed by atoms with Gasteiger partial charge in [0, 0.05) is 5.88 Å². The molecule has 1 rings (SSSR count). The van der Waals surface area contributed by atoms with Gasteiger partial charge < -0.3 is 0 Å². The molecule has 4 heteroatoms. The molecule has 1 aromatic carbocycles. The zero-order chi connectivity index (χ0) is 10.6. The van der Waals surface area contributed by atoms with Crippen LogP contribution in [0.15, 0.2) is 24.3 Å². The Morgan fingerprint density at radius 3 is 2.43 bits per heavy atom. The molecule has 0 aromatic heterocycles. The van der Waals surface area contributed by atoms with Gasteiger partial charge in [0.1, 0.15) is 0 Å². The predicted octanol–water partition coefficient (Wildman–Crippen LogP) is 4.52. The van der Waals surface area contributed by atoms with Crippen LogP contribution in [0.2, 0.25) is 12.6 Å². The molecule has 0 saturated heterocycles. The number of alkyl halides is 1. The number of rotatable bonds is 4. The standard InChI is InChI=1S/C10H13Cl3Si/c1-14(12,13)6-5-9-3-2-4-10(7-9)8-11/h2-4,7H,5-6,8H2,1H3. The van der Waals surface area contributed by atoms with Crippen LogP contribution in [0.3, 0.4) is 0 Å². The van der Waals surface area contributed by atoms with Crippen LogP contribution in [0.25, 0.3) is 0 Å². The van der Waals surface area contributed by atoms with Gasteiger partial charge in [-0.3, -0.25) is 0 Å². The maximum absolute atomic E-state index is 6.03. The summed E-state index contributed by atoms with van der Waals surface area (Å²) in [5, 5.41) is 0. The summed E-state index contributed by atoms with van der Waals surface area (Å²) in [7, 11) is 0. The van der Waals surface area contributed by atoms with Crippen LogP contribution >= 0.6 is 33.8 Å². The molecule has 0 radical (unpaired) electrons. The monoisotopic (exact) mass is 266 g/mol. The molecule has 0 aliphatic carbocycles.